The molecule has 3 aliphatic carbocycles. The van der Waals surface area contributed by atoms with Gasteiger partial charge >= 0.3 is 326 Å². The molecule has 4 heteroatoms. The molecule has 0 radical (unpaired) electrons. The molecule has 0 N–H and O–H groups in total. The van der Waals surface area contributed by atoms with E-state index in [0.717, 1.165) is 19.3 Å². The Bertz CT molecular complexity index is 1980. The van der Waals surface area contributed by atoms with Crippen LogP contribution in [0.15, 0.2) is 96.1 Å². The van der Waals surface area contributed by atoms with Crippen molar-refractivity contribution < 1.29 is 15.6 Å². The van der Waals surface area contributed by atoms with E-state index in [2.05, 4.69) is 145 Å². The molecule has 0 saturated heterocycles. The van der Waals surface area contributed by atoms with Gasteiger partial charge in [0.2, 0.25) is 0 Å². The van der Waals surface area contributed by atoms with Gasteiger partial charge in [0, 0.05) is 0 Å². The van der Waals surface area contributed by atoms with Crippen molar-refractivity contribution >= 4 is 35.1 Å². The third-order valence-electron chi connectivity index (χ3n) is 13.7. The van der Waals surface area contributed by atoms with Crippen LogP contribution >= 0.6 is 17.0 Å². The first-order valence-electron chi connectivity index (χ1n) is 20.5. The first-order valence-corrected chi connectivity index (χ1v) is 36.8. The van der Waals surface area contributed by atoms with Crippen LogP contribution in [0.4, 0.5) is 0 Å². The summed E-state index contributed by atoms with van der Waals surface area (Å²) in [5, 5.41) is 0. The van der Waals surface area contributed by atoms with Crippen LogP contribution in [-0.2, 0) is 15.6 Å². The molecule has 0 bridgehead atoms. The van der Waals surface area contributed by atoms with E-state index in [1.54, 1.807) is 5.57 Å². The first kappa shape index (κ1) is 38.3. The zero-order valence-electron chi connectivity index (χ0n) is 32.6. The normalized spacial score (nSPS) is 20.8. The minimum absolute atomic E-state index is 0.122. The number of benzene rings is 4. The molecule has 0 aliphatic heterocycles. The van der Waals surface area contributed by atoms with Gasteiger partial charge in [0.25, 0.3) is 0 Å². The Morgan fingerprint density at radius 2 is 1.12 bits per heavy atom. The molecule has 7 rings (SSSR count). The second-order valence-corrected chi connectivity index (χ2v) is 59.3. The van der Waals surface area contributed by atoms with Crippen LogP contribution in [0.5, 0.6) is 0 Å². The van der Waals surface area contributed by atoms with Gasteiger partial charge in [-0.3, -0.25) is 0 Å². The molecule has 0 aromatic heterocycles. The molecule has 4 aromatic rings. The van der Waals surface area contributed by atoms with Crippen LogP contribution in [0.2, 0.25) is 13.1 Å². The Hall–Kier alpha value is -1.96. The average molecular weight is 826 g/mol. The van der Waals surface area contributed by atoms with Crippen LogP contribution in [0.3, 0.4) is 0 Å². The van der Waals surface area contributed by atoms with Gasteiger partial charge in [-0.05, 0) is 0 Å². The zero-order valence-corrected chi connectivity index (χ0v) is 37.7. The maximum absolute atomic E-state index is 8.88. The molecule has 1 fully saturated rings. The summed E-state index contributed by atoms with van der Waals surface area (Å²) < 4.78 is 0.260. The van der Waals surface area contributed by atoms with Crippen molar-refractivity contribution in [1.29, 1.82) is 0 Å². The summed E-state index contributed by atoms with van der Waals surface area (Å²) in [7, 11) is 17.8. The van der Waals surface area contributed by atoms with E-state index in [4.69, 9.17) is 17.0 Å². The van der Waals surface area contributed by atoms with Crippen molar-refractivity contribution in [3.63, 3.8) is 0 Å². The topological polar surface area (TPSA) is 0 Å². The number of halogens is 2. The standard InChI is InChI=1S/C25H29.C21H23.C2H7Si.2ClH.Zr/c1-3-18(2)19-12-14-21(15-13-19)24-11-7-10-22-16-23(17-25(22)24)20-8-5-4-6-9-20;1-4-15(3)17-9-11-18(12-10-17)20-8-6-7-19-13-16(5-2)14-21(19)20;1-3-2;;;/h7,10-18,20H,3-6,8-9H2,1-2H3;6-15H,4-5H2,1-3H3;3H,1-2H3;2*1H;/q;;;;;+2/p-2. The summed E-state index contributed by atoms with van der Waals surface area (Å²) in [6, 6.07) is 32.8. The molecule has 273 valence electrons. The predicted molar refractivity (Wildman–Crippen MR) is 230 cm³/mol. The zero-order chi connectivity index (χ0) is 36.8. The molecule has 0 heterocycles. The molecule has 0 nitrogen and oxygen atoms in total. The molecule has 1 saturated carbocycles. The number of hydrogen-bond donors (Lipinski definition) is 0. The van der Waals surface area contributed by atoms with E-state index < -0.39 is 21.5 Å². The van der Waals surface area contributed by atoms with Gasteiger partial charge in [0.15, 0.2) is 0 Å². The summed E-state index contributed by atoms with van der Waals surface area (Å²) in [4.78, 5) is 0. The fourth-order valence-corrected chi connectivity index (χ4v) is 41.4. The number of allylic oxidation sites excluding steroid dienone is 2. The molecule has 0 spiro atoms. The third-order valence-corrected chi connectivity index (χ3v) is 65.5. The summed E-state index contributed by atoms with van der Waals surface area (Å²) in [6.45, 7) is 16.5. The second kappa shape index (κ2) is 15.3. The molecule has 4 aromatic carbocycles. The van der Waals surface area contributed by atoms with Gasteiger partial charge in [0.05, 0.1) is 0 Å². The van der Waals surface area contributed by atoms with Crippen molar-refractivity contribution in [2.45, 2.75) is 118 Å². The van der Waals surface area contributed by atoms with Crippen molar-refractivity contribution in [1.82, 2.24) is 0 Å². The Morgan fingerprint density at radius 3 is 1.58 bits per heavy atom. The third kappa shape index (κ3) is 6.48. The van der Waals surface area contributed by atoms with Crippen molar-refractivity contribution in [3.8, 4) is 22.3 Å². The van der Waals surface area contributed by atoms with Crippen molar-refractivity contribution in [2.24, 2.45) is 5.92 Å². The van der Waals surface area contributed by atoms with Gasteiger partial charge in [-0.2, -0.15) is 0 Å². The van der Waals surface area contributed by atoms with Gasteiger partial charge in [-0.25, -0.2) is 0 Å². The number of fused-ring (bicyclic) bond motifs is 2. The maximum atomic E-state index is 8.88. The van der Waals surface area contributed by atoms with Gasteiger partial charge in [-0.15, -0.1) is 0 Å². The molecule has 4 atom stereocenters. The monoisotopic (exact) mass is 823 g/mol. The van der Waals surface area contributed by atoms with E-state index in [9.17, 15) is 0 Å². The fourth-order valence-electron chi connectivity index (χ4n) is 10.0. The molecular formula is C48H59Cl2SiZr. The Labute approximate surface area is 323 Å². The van der Waals surface area contributed by atoms with E-state index in [0.29, 0.717) is 17.8 Å². The summed E-state index contributed by atoms with van der Waals surface area (Å²) in [5.74, 6) is 0.0325. The van der Waals surface area contributed by atoms with E-state index in [1.165, 1.54) is 93.3 Å². The number of hydrogen-bond acceptors (Lipinski definition) is 0. The van der Waals surface area contributed by atoms with E-state index in [1.807, 2.05) is 0 Å². The molecule has 52 heavy (non-hydrogen) atoms. The van der Waals surface area contributed by atoms with Crippen LogP contribution in [0.25, 0.3) is 34.4 Å². The molecular weight excluding hydrogens is 767 g/mol. The van der Waals surface area contributed by atoms with Crippen LogP contribution in [-0.4, -0.2) is 5.92 Å². The fraction of sp³-hybridized carbons (Fsp3) is 0.417. The molecule has 4 unspecified atom stereocenters. The van der Waals surface area contributed by atoms with Gasteiger partial charge in [0.1, 0.15) is 0 Å². The predicted octanol–water partition coefficient (Wildman–Crippen LogP) is 15.6. The van der Waals surface area contributed by atoms with Crippen molar-refractivity contribution in [2.75, 3.05) is 0 Å². The Kier molecular flexibility index (Phi) is 11.3. The SMILES string of the molecule is CCC1=Cc2c(-c3ccc(C(C)CC)cc3)cccc2[CH]1[Zr]([Cl])([Cl])([CH]1C(C2CCCCC2)=Cc2c(-c3ccc(C(C)CC)cc3)cccc21)[SiH](C)C. The Morgan fingerprint density at radius 1 is 0.635 bits per heavy atom. The van der Waals surface area contributed by atoms with Crippen LogP contribution in [0.1, 0.15) is 138 Å². The average Bonchev–Trinajstić information content (AvgIpc) is 3.78. The van der Waals surface area contributed by atoms with Gasteiger partial charge < -0.3 is 0 Å². The molecule has 3 aliphatic rings. The van der Waals surface area contributed by atoms with Crippen LogP contribution in [0, 0.1) is 5.92 Å². The van der Waals surface area contributed by atoms with E-state index in [-0.39, 0.29) is 7.25 Å². The summed E-state index contributed by atoms with van der Waals surface area (Å²) in [6.07, 6.45) is 14.9. The van der Waals surface area contributed by atoms with Gasteiger partial charge in [-0.1, -0.05) is 0 Å². The quantitative estimate of drug-likeness (QED) is 0.132. The summed E-state index contributed by atoms with van der Waals surface area (Å²) in [5.41, 5.74) is 16.7. The van der Waals surface area contributed by atoms with Crippen LogP contribution < -0.4 is 0 Å². The van der Waals surface area contributed by atoms with Crippen molar-refractivity contribution in [3.05, 3.63) is 129 Å². The van der Waals surface area contributed by atoms with E-state index >= 15 is 0 Å². The number of rotatable bonds is 11. The second-order valence-electron chi connectivity index (χ2n) is 16.8. The Balaban J connectivity index is 1.40. The minimum atomic E-state index is -4.89. The first-order chi connectivity index (χ1) is 25.0. The summed E-state index contributed by atoms with van der Waals surface area (Å²) >= 11 is -4.89. The molecule has 0 amide bonds.